The highest BCUT2D eigenvalue weighted by Crippen LogP contribution is 2.13. The van der Waals surface area contributed by atoms with E-state index in [0.29, 0.717) is 11.3 Å². The first-order valence-electron chi connectivity index (χ1n) is 6.73. The summed E-state index contributed by atoms with van der Waals surface area (Å²) >= 11 is 0. The Hall–Kier alpha value is -2.56. The first-order valence-corrected chi connectivity index (χ1v) is 6.73. The average Bonchev–Trinajstić information content (AvgIpc) is 2.47. The van der Waals surface area contributed by atoms with Crippen molar-refractivity contribution in [2.24, 2.45) is 0 Å². The molecule has 0 atom stereocenters. The molecule has 2 aromatic rings. The van der Waals surface area contributed by atoms with E-state index in [1.807, 2.05) is 13.8 Å². The third-order valence-electron chi connectivity index (χ3n) is 3.04. The molecule has 108 valence electrons. The van der Waals surface area contributed by atoms with Gasteiger partial charge in [-0.1, -0.05) is 26.0 Å². The Morgan fingerprint density at radius 3 is 2.43 bits per heavy atom. The molecule has 0 aliphatic heterocycles. The van der Waals surface area contributed by atoms with E-state index in [-0.39, 0.29) is 23.3 Å². The normalized spacial score (nSPS) is 10.5. The first-order chi connectivity index (χ1) is 9.97. The molecule has 21 heavy (non-hydrogen) atoms. The molecule has 1 N–H and O–H groups in total. The van der Waals surface area contributed by atoms with E-state index in [9.17, 15) is 9.59 Å². The van der Waals surface area contributed by atoms with Gasteiger partial charge in [0.1, 0.15) is 0 Å². The minimum atomic E-state index is -0.349. The summed E-state index contributed by atoms with van der Waals surface area (Å²) in [6.07, 6.45) is 0. The number of carbonyl (C=O) groups is 2. The lowest BCUT2D eigenvalue weighted by atomic mass is 10.1. The van der Waals surface area contributed by atoms with Crippen molar-refractivity contribution in [2.45, 2.75) is 26.7 Å². The lowest BCUT2D eigenvalue weighted by Gasteiger charge is -2.07. The molecule has 0 saturated heterocycles. The van der Waals surface area contributed by atoms with Gasteiger partial charge in [-0.3, -0.25) is 9.59 Å². The zero-order valence-corrected chi connectivity index (χ0v) is 12.3. The van der Waals surface area contributed by atoms with Gasteiger partial charge in [-0.15, -0.1) is 5.10 Å². The van der Waals surface area contributed by atoms with Gasteiger partial charge in [0.15, 0.2) is 11.5 Å². The third kappa shape index (κ3) is 3.72. The van der Waals surface area contributed by atoms with Gasteiger partial charge in [0.25, 0.3) is 5.91 Å². The topological polar surface area (TPSA) is 72.0 Å². The molecule has 1 aromatic carbocycles. The number of ketones is 1. The Bertz CT molecular complexity index is 663. The van der Waals surface area contributed by atoms with Crippen LogP contribution in [-0.2, 0) is 0 Å². The highest BCUT2D eigenvalue weighted by Gasteiger charge is 2.10. The van der Waals surface area contributed by atoms with Gasteiger partial charge in [0, 0.05) is 11.3 Å². The number of hydrogen-bond donors (Lipinski definition) is 1. The summed E-state index contributed by atoms with van der Waals surface area (Å²) < 4.78 is 0. The summed E-state index contributed by atoms with van der Waals surface area (Å²) in [7, 11) is 0. The fraction of sp³-hybridized carbons (Fsp3) is 0.250. The average molecular weight is 283 g/mol. The molecule has 0 unspecified atom stereocenters. The molecule has 1 amide bonds. The van der Waals surface area contributed by atoms with Crippen LogP contribution in [0.1, 0.15) is 53.2 Å². The van der Waals surface area contributed by atoms with Gasteiger partial charge in [0.2, 0.25) is 0 Å². The Labute approximate surface area is 123 Å². The van der Waals surface area contributed by atoms with Crippen molar-refractivity contribution in [3.05, 3.63) is 53.3 Å². The van der Waals surface area contributed by atoms with Gasteiger partial charge >= 0.3 is 0 Å². The van der Waals surface area contributed by atoms with Crippen molar-refractivity contribution in [1.29, 1.82) is 0 Å². The summed E-state index contributed by atoms with van der Waals surface area (Å²) in [5, 5.41) is 10.7. The van der Waals surface area contributed by atoms with Crippen LogP contribution in [0.25, 0.3) is 0 Å². The molecule has 0 fully saturated rings. The van der Waals surface area contributed by atoms with Gasteiger partial charge < -0.3 is 5.32 Å². The number of hydrogen-bond acceptors (Lipinski definition) is 4. The maximum atomic E-state index is 12.1. The minimum absolute atomic E-state index is 0.0489. The summed E-state index contributed by atoms with van der Waals surface area (Å²) in [6, 6.07) is 10.2. The molecule has 0 aliphatic carbocycles. The van der Waals surface area contributed by atoms with Crippen LogP contribution in [0.5, 0.6) is 0 Å². The lowest BCUT2D eigenvalue weighted by Crippen LogP contribution is -2.15. The Balaban J connectivity index is 2.14. The molecule has 0 aliphatic rings. The minimum Gasteiger partial charge on any atom is -0.321 e. The molecular formula is C16H17N3O2. The number of anilines is 1. The van der Waals surface area contributed by atoms with Gasteiger partial charge in [0.05, 0.1) is 5.69 Å². The zero-order chi connectivity index (χ0) is 15.4. The molecular weight excluding hydrogens is 266 g/mol. The van der Waals surface area contributed by atoms with E-state index in [2.05, 4.69) is 15.5 Å². The monoisotopic (exact) mass is 283 g/mol. The van der Waals surface area contributed by atoms with E-state index >= 15 is 0 Å². The third-order valence-corrected chi connectivity index (χ3v) is 3.04. The molecule has 5 nitrogen and oxygen atoms in total. The second kappa shape index (κ2) is 6.26. The van der Waals surface area contributed by atoms with Gasteiger partial charge in [-0.2, -0.15) is 5.10 Å². The van der Waals surface area contributed by atoms with Crippen molar-refractivity contribution in [3.63, 3.8) is 0 Å². The molecule has 0 saturated carbocycles. The second-order valence-electron chi connectivity index (χ2n) is 5.09. The molecule has 0 spiro atoms. The van der Waals surface area contributed by atoms with Crippen LogP contribution in [0.15, 0.2) is 36.4 Å². The maximum Gasteiger partial charge on any atom is 0.276 e. The van der Waals surface area contributed by atoms with Crippen molar-refractivity contribution in [1.82, 2.24) is 10.2 Å². The van der Waals surface area contributed by atoms with Crippen molar-refractivity contribution >= 4 is 17.4 Å². The summed E-state index contributed by atoms with van der Waals surface area (Å²) in [6.45, 7) is 5.51. The number of amides is 1. The quantitative estimate of drug-likeness (QED) is 0.875. The molecule has 5 heteroatoms. The van der Waals surface area contributed by atoms with Crippen LogP contribution >= 0.6 is 0 Å². The van der Waals surface area contributed by atoms with E-state index in [4.69, 9.17) is 0 Å². The number of rotatable bonds is 4. The largest absolute Gasteiger partial charge is 0.321 e. The molecule has 0 bridgehead atoms. The van der Waals surface area contributed by atoms with E-state index in [1.165, 1.54) is 6.92 Å². The van der Waals surface area contributed by atoms with Crippen LogP contribution in [0.3, 0.4) is 0 Å². The highest BCUT2D eigenvalue weighted by molar-refractivity contribution is 6.03. The van der Waals surface area contributed by atoms with Crippen molar-refractivity contribution in [3.8, 4) is 0 Å². The number of benzene rings is 1. The first kappa shape index (κ1) is 14.8. The number of carbonyl (C=O) groups excluding carboxylic acids is 2. The number of aromatic nitrogens is 2. The SMILES string of the molecule is CC(=O)c1cccc(NC(=O)c2ccc(C(C)C)nn2)c1. The zero-order valence-electron chi connectivity index (χ0n) is 12.3. The van der Waals surface area contributed by atoms with E-state index in [1.54, 1.807) is 36.4 Å². The highest BCUT2D eigenvalue weighted by atomic mass is 16.2. The smallest absolute Gasteiger partial charge is 0.276 e. The predicted molar refractivity (Wildman–Crippen MR) is 80.5 cm³/mol. The van der Waals surface area contributed by atoms with Crippen molar-refractivity contribution < 1.29 is 9.59 Å². The number of nitrogens with one attached hydrogen (secondary N) is 1. The molecule has 1 aromatic heterocycles. The molecule has 2 rings (SSSR count). The summed E-state index contributed by atoms with van der Waals surface area (Å²) in [5.74, 6) is -0.132. The predicted octanol–water partition coefficient (Wildman–Crippen LogP) is 3.05. The molecule has 1 heterocycles. The standard InChI is InChI=1S/C16H17N3O2/c1-10(2)14-7-8-15(19-18-14)16(21)17-13-6-4-5-12(9-13)11(3)20/h4-10H,1-3H3,(H,17,21). The Morgan fingerprint density at radius 2 is 1.86 bits per heavy atom. The van der Waals surface area contributed by atoms with E-state index in [0.717, 1.165) is 5.69 Å². The maximum absolute atomic E-state index is 12.1. The Morgan fingerprint density at radius 1 is 1.10 bits per heavy atom. The summed E-state index contributed by atoms with van der Waals surface area (Å²) in [4.78, 5) is 23.4. The van der Waals surface area contributed by atoms with E-state index < -0.39 is 0 Å². The van der Waals surface area contributed by atoms with Crippen LogP contribution in [-0.4, -0.2) is 21.9 Å². The van der Waals surface area contributed by atoms with Gasteiger partial charge in [-0.05, 0) is 37.1 Å². The number of Topliss-reactive ketones (excluding diaryl/α,β-unsaturated/α-hetero) is 1. The van der Waals surface area contributed by atoms with Gasteiger partial charge in [-0.25, -0.2) is 0 Å². The fourth-order valence-electron chi connectivity index (χ4n) is 1.78. The lowest BCUT2D eigenvalue weighted by molar-refractivity contribution is 0.100. The van der Waals surface area contributed by atoms with Crippen LogP contribution in [0.4, 0.5) is 5.69 Å². The van der Waals surface area contributed by atoms with Crippen LogP contribution in [0.2, 0.25) is 0 Å². The number of nitrogens with zero attached hydrogens (tertiary/aromatic N) is 2. The second-order valence-corrected chi connectivity index (χ2v) is 5.09. The van der Waals surface area contributed by atoms with Crippen LogP contribution in [0, 0.1) is 0 Å². The molecule has 0 radical (unpaired) electrons. The summed E-state index contributed by atoms with van der Waals surface area (Å²) in [5.41, 5.74) is 2.19. The fourth-order valence-corrected chi connectivity index (χ4v) is 1.78. The van der Waals surface area contributed by atoms with Crippen molar-refractivity contribution in [2.75, 3.05) is 5.32 Å². The van der Waals surface area contributed by atoms with Crippen LogP contribution < -0.4 is 5.32 Å². The Kier molecular flexibility index (Phi) is 4.42.